The van der Waals surface area contributed by atoms with Crippen molar-refractivity contribution >= 4 is 0 Å². The molecular weight excluding hydrogens is 248 g/mol. The smallest absolute Gasteiger partial charge is 0.240 e. The van der Waals surface area contributed by atoms with Gasteiger partial charge >= 0.3 is 0 Å². The van der Waals surface area contributed by atoms with E-state index in [-0.39, 0.29) is 12.1 Å². The molecule has 0 fully saturated rings. The first-order valence-electron chi connectivity index (χ1n) is 6.10. The monoisotopic (exact) mass is 270 g/mol. The van der Waals surface area contributed by atoms with Gasteiger partial charge in [-0.15, -0.1) is 0 Å². The second kappa shape index (κ2) is 7.88. The van der Waals surface area contributed by atoms with Gasteiger partial charge in [0.1, 0.15) is 5.69 Å². The Morgan fingerprint density at radius 1 is 1.26 bits per heavy atom. The maximum absolute atomic E-state index is 5.58. The predicted octanol–water partition coefficient (Wildman–Crippen LogP) is 0.813. The fourth-order valence-corrected chi connectivity index (χ4v) is 1.67. The second-order valence-corrected chi connectivity index (χ2v) is 4.15. The molecule has 0 saturated carbocycles. The van der Waals surface area contributed by atoms with Gasteiger partial charge < -0.3 is 14.2 Å². The molecule has 2 unspecified atom stereocenters. The molecule has 0 aromatic carbocycles. The van der Waals surface area contributed by atoms with Crippen LogP contribution in [-0.2, 0) is 4.74 Å². The summed E-state index contributed by atoms with van der Waals surface area (Å²) in [6, 6.07) is -0.147. The summed E-state index contributed by atoms with van der Waals surface area (Å²) < 4.78 is 15.5. The molecule has 7 heteroatoms. The van der Waals surface area contributed by atoms with Crippen molar-refractivity contribution in [2.75, 3.05) is 21.3 Å². The highest BCUT2D eigenvalue weighted by Crippen LogP contribution is 2.26. The molecule has 1 aromatic heterocycles. The molecule has 0 radical (unpaired) electrons. The SMILES string of the molecule is COc1cnc(C(CCC(C)OC)NN)c(OC)n1. The number of nitrogens with zero attached hydrogens (tertiary/aromatic N) is 2. The average Bonchev–Trinajstić information content (AvgIpc) is 2.47. The number of nitrogens with one attached hydrogen (secondary N) is 1. The van der Waals surface area contributed by atoms with Crippen molar-refractivity contribution in [3.8, 4) is 11.8 Å². The first kappa shape index (κ1) is 15.6. The minimum atomic E-state index is -0.147. The number of methoxy groups -OCH3 is 3. The van der Waals surface area contributed by atoms with Gasteiger partial charge in [-0.1, -0.05) is 0 Å². The van der Waals surface area contributed by atoms with Crippen molar-refractivity contribution in [1.29, 1.82) is 0 Å². The van der Waals surface area contributed by atoms with Crippen LogP contribution in [0.15, 0.2) is 6.20 Å². The van der Waals surface area contributed by atoms with Gasteiger partial charge in [0.05, 0.1) is 32.6 Å². The normalized spacial score (nSPS) is 13.9. The van der Waals surface area contributed by atoms with Crippen LogP contribution < -0.4 is 20.7 Å². The van der Waals surface area contributed by atoms with Gasteiger partial charge in [0.15, 0.2) is 0 Å². The Labute approximate surface area is 113 Å². The summed E-state index contributed by atoms with van der Waals surface area (Å²) in [5, 5.41) is 0. The molecule has 108 valence electrons. The zero-order valence-electron chi connectivity index (χ0n) is 11.8. The Balaban J connectivity index is 2.85. The molecule has 7 nitrogen and oxygen atoms in total. The largest absolute Gasteiger partial charge is 0.480 e. The molecule has 0 amide bonds. The van der Waals surface area contributed by atoms with Crippen LogP contribution in [0.25, 0.3) is 0 Å². The molecule has 19 heavy (non-hydrogen) atoms. The van der Waals surface area contributed by atoms with Gasteiger partial charge in [-0.2, -0.15) is 4.98 Å². The highest BCUT2D eigenvalue weighted by molar-refractivity contribution is 5.25. The van der Waals surface area contributed by atoms with Gasteiger partial charge in [-0.3, -0.25) is 11.3 Å². The van der Waals surface area contributed by atoms with Crippen LogP contribution in [-0.4, -0.2) is 37.4 Å². The minimum absolute atomic E-state index is 0.147. The van der Waals surface area contributed by atoms with Crippen molar-refractivity contribution in [2.45, 2.75) is 31.9 Å². The van der Waals surface area contributed by atoms with Crippen LogP contribution in [0.5, 0.6) is 11.8 Å². The Morgan fingerprint density at radius 2 is 2.00 bits per heavy atom. The number of aromatic nitrogens is 2. The number of rotatable bonds is 8. The van der Waals surface area contributed by atoms with E-state index in [1.807, 2.05) is 6.92 Å². The summed E-state index contributed by atoms with van der Waals surface area (Å²) in [6.45, 7) is 2.00. The summed E-state index contributed by atoms with van der Waals surface area (Å²) in [6.07, 6.45) is 3.32. The van der Waals surface area contributed by atoms with Crippen LogP contribution >= 0.6 is 0 Å². The first-order valence-corrected chi connectivity index (χ1v) is 6.10. The van der Waals surface area contributed by atoms with E-state index < -0.39 is 0 Å². The standard InChI is InChI=1S/C12H22N4O3/c1-8(17-2)5-6-9(16-13)11-12(19-4)15-10(18-3)7-14-11/h7-9,16H,5-6,13H2,1-4H3. The first-order chi connectivity index (χ1) is 9.15. The number of hydrogen-bond acceptors (Lipinski definition) is 7. The third kappa shape index (κ3) is 4.30. The molecule has 0 saturated heterocycles. The maximum Gasteiger partial charge on any atom is 0.240 e. The molecule has 0 aliphatic heterocycles. The van der Waals surface area contributed by atoms with Crippen molar-refractivity contribution in [3.05, 3.63) is 11.9 Å². The zero-order valence-corrected chi connectivity index (χ0v) is 11.8. The quantitative estimate of drug-likeness (QED) is 0.533. The van der Waals surface area contributed by atoms with Crippen molar-refractivity contribution in [1.82, 2.24) is 15.4 Å². The summed E-state index contributed by atoms with van der Waals surface area (Å²) in [5.41, 5.74) is 3.39. The summed E-state index contributed by atoms with van der Waals surface area (Å²) in [4.78, 5) is 8.49. The van der Waals surface area contributed by atoms with Crippen LogP contribution in [0.4, 0.5) is 0 Å². The van der Waals surface area contributed by atoms with Crippen molar-refractivity contribution in [2.24, 2.45) is 5.84 Å². The van der Waals surface area contributed by atoms with E-state index in [0.717, 1.165) is 12.8 Å². The van der Waals surface area contributed by atoms with E-state index in [4.69, 9.17) is 20.1 Å². The predicted molar refractivity (Wildman–Crippen MR) is 70.9 cm³/mol. The van der Waals surface area contributed by atoms with Gasteiger partial charge in [0, 0.05) is 7.11 Å². The molecule has 0 aliphatic carbocycles. The lowest BCUT2D eigenvalue weighted by Gasteiger charge is -2.19. The van der Waals surface area contributed by atoms with Gasteiger partial charge in [-0.25, -0.2) is 4.98 Å². The van der Waals surface area contributed by atoms with E-state index in [2.05, 4.69) is 15.4 Å². The molecule has 3 N–H and O–H groups in total. The molecule has 0 spiro atoms. The zero-order chi connectivity index (χ0) is 14.3. The van der Waals surface area contributed by atoms with E-state index in [9.17, 15) is 0 Å². The molecule has 0 aliphatic rings. The Kier molecular flexibility index (Phi) is 6.48. The molecular formula is C12H22N4O3. The Hall–Kier alpha value is -1.44. The average molecular weight is 270 g/mol. The molecule has 1 aromatic rings. The molecule has 2 atom stereocenters. The van der Waals surface area contributed by atoms with Crippen LogP contribution in [0.1, 0.15) is 31.5 Å². The second-order valence-electron chi connectivity index (χ2n) is 4.15. The number of hydrogen-bond donors (Lipinski definition) is 2. The topological polar surface area (TPSA) is 91.5 Å². The van der Waals surface area contributed by atoms with E-state index >= 15 is 0 Å². The fourth-order valence-electron chi connectivity index (χ4n) is 1.67. The Morgan fingerprint density at radius 3 is 2.53 bits per heavy atom. The molecule has 1 heterocycles. The van der Waals surface area contributed by atoms with E-state index in [1.54, 1.807) is 13.3 Å². The third-order valence-electron chi connectivity index (χ3n) is 2.94. The fraction of sp³-hybridized carbons (Fsp3) is 0.667. The van der Waals surface area contributed by atoms with Crippen LogP contribution in [0, 0.1) is 0 Å². The lowest BCUT2D eigenvalue weighted by Crippen LogP contribution is -2.30. The molecule has 1 rings (SSSR count). The van der Waals surface area contributed by atoms with Gasteiger partial charge in [-0.05, 0) is 19.8 Å². The third-order valence-corrected chi connectivity index (χ3v) is 2.94. The lowest BCUT2D eigenvalue weighted by atomic mass is 10.1. The van der Waals surface area contributed by atoms with Gasteiger partial charge in [0.2, 0.25) is 11.8 Å². The number of ether oxygens (including phenoxy) is 3. The van der Waals surface area contributed by atoms with E-state index in [0.29, 0.717) is 17.5 Å². The highest BCUT2D eigenvalue weighted by atomic mass is 16.5. The Bertz CT molecular complexity index is 389. The van der Waals surface area contributed by atoms with Gasteiger partial charge in [0.25, 0.3) is 0 Å². The minimum Gasteiger partial charge on any atom is -0.480 e. The number of nitrogens with two attached hydrogens (primary N) is 1. The van der Waals surface area contributed by atoms with Crippen molar-refractivity contribution in [3.63, 3.8) is 0 Å². The van der Waals surface area contributed by atoms with Crippen LogP contribution in [0.3, 0.4) is 0 Å². The van der Waals surface area contributed by atoms with Crippen molar-refractivity contribution < 1.29 is 14.2 Å². The van der Waals surface area contributed by atoms with Crippen LogP contribution in [0.2, 0.25) is 0 Å². The highest BCUT2D eigenvalue weighted by Gasteiger charge is 2.19. The lowest BCUT2D eigenvalue weighted by molar-refractivity contribution is 0.106. The summed E-state index contributed by atoms with van der Waals surface area (Å²) >= 11 is 0. The molecule has 0 bridgehead atoms. The summed E-state index contributed by atoms with van der Waals surface area (Å²) in [7, 11) is 4.75. The van der Waals surface area contributed by atoms with E-state index in [1.165, 1.54) is 14.2 Å². The maximum atomic E-state index is 5.58. The summed E-state index contributed by atoms with van der Waals surface area (Å²) in [5.74, 6) is 6.40. The number of hydrazine groups is 1.